The monoisotopic (exact) mass is 417 g/mol. The molecule has 29 heavy (non-hydrogen) atoms. The van der Waals surface area contributed by atoms with E-state index in [0.717, 1.165) is 4.90 Å². The topological polar surface area (TPSA) is 87.3 Å². The molecule has 154 valence electrons. The van der Waals surface area contributed by atoms with Crippen LogP contribution in [0.25, 0.3) is 0 Å². The minimum atomic E-state index is -0.376. The summed E-state index contributed by atoms with van der Waals surface area (Å²) in [7, 11) is 0. The van der Waals surface area contributed by atoms with E-state index in [1.54, 1.807) is 31.2 Å². The molecule has 1 unspecified atom stereocenters. The Hall–Kier alpha value is -2.87. The molecule has 0 aliphatic heterocycles. The van der Waals surface area contributed by atoms with Gasteiger partial charge < -0.3 is 16.0 Å². The van der Waals surface area contributed by atoms with E-state index in [9.17, 15) is 18.8 Å². The van der Waals surface area contributed by atoms with Crippen LogP contribution in [0.2, 0.25) is 0 Å². The fraction of sp³-hybridized carbons (Fsp3) is 0.286. The van der Waals surface area contributed by atoms with Crippen molar-refractivity contribution in [3.05, 3.63) is 59.9 Å². The number of anilines is 1. The van der Waals surface area contributed by atoms with E-state index >= 15 is 0 Å². The number of carbonyl (C=O) groups is 3. The third-order valence-electron chi connectivity index (χ3n) is 3.86. The molecule has 0 aliphatic carbocycles. The van der Waals surface area contributed by atoms with Crippen molar-refractivity contribution in [3.8, 4) is 0 Å². The third kappa shape index (κ3) is 8.35. The Bertz CT molecular complexity index is 859. The highest BCUT2D eigenvalue weighted by Gasteiger charge is 2.14. The number of halogens is 1. The lowest BCUT2D eigenvalue weighted by Crippen LogP contribution is -2.38. The van der Waals surface area contributed by atoms with Gasteiger partial charge in [0.1, 0.15) is 5.82 Å². The first-order chi connectivity index (χ1) is 13.8. The van der Waals surface area contributed by atoms with E-state index in [2.05, 4.69) is 16.0 Å². The molecule has 0 heterocycles. The zero-order chi connectivity index (χ0) is 21.2. The minimum absolute atomic E-state index is 0.0897. The average molecular weight is 418 g/mol. The number of benzene rings is 2. The van der Waals surface area contributed by atoms with Crippen molar-refractivity contribution in [2.75, 3.05) is 18.4 Å². The van der Waals surface area contributed by atoms with Crippen LogP contribution in [0, 0.1) is 5.82 Å². The Balaban J connectivity index is 1.67. The zero-order valence-electron chi connectivity index (χ0n) is 16.3. The van der Waals surface area contributed by atoms with Crippen LogP contribution < -0.4 is 16.0 Å². The summed E-state index contributed by atoms with van der Waals surface area (Å²) in [5.74, 6) is -0.883. The molecule has 6 nitrogen and oxygen atoms in total. The number of carbonyl (C=O) groups excluding carboxylic acids is 3. The quantitative estimate of drug-likeness (QED) is 0.433. The molecule has 0 saturated heterocycles. The molecule has 0 saturated carbocycles. The predicted octanol–water partition coefficient (Wildman–Crippen LogP) is 2.74. The lowest BCUT2D eigenvalue weighted by Gasteiger charge is -2.13. The highest BCUT2D eigenvalue weighted by atomic mass is 32.2. The number of hydrogen-bond donors (Lipinski definition) is 3. The summed E-state index contributed by atoms with van der Waals surface area (Å²) in [6.07, 6.45) is 0.0897. The third-order valence-corrected chi connectivity index (χ3v) is 4.97. The first kappa shape index (κ1) is 22.4. The molecule has 0 radical (unpaired) electrons. The van der Waals surface area contributed by atoms with Crippen LogP contribution in [0.1, 0.15) is 19.4 Å². The van der Waals surface area contributed by atoms with E-state index < -0.39 is 0 Å². The number of thioether (sulfide) groups is 1. The summed E-state index contributed by atoms with van der Waals surface area (Å²) in [5.41, 5.74) is 1.30. The van der Waals surface area contributed by atoms with Gasteiger partial charge >= 0.3 is 0 Å². The molecule has 3 amide bonds. The second-order valence-electron chi connectivity index (χ2n) is 6.41. The van der Waals surface area contributed by atoms with Crippen LogP contribution in [0.4, 0.5) is 10.1 Å². The van der Waals surface area contributed by atoms with Gasteiger partial charge in [-0.15, -0.1) is 11.8 Å². The van der Waals surface area contributed by atoms with Gasteiger partial charge in [-0.2, -0.15) is 0 Å². The van der Waals surface area contributed by atoms with Crippen LogP contribution in [-0.4, -0.2) is 36.1 Å². The Morgan fingerprint density at radius 2 is 1.72 bits per heavy atom. The molecule has 0 spiro atoms. The molecule has 0 aliphatic rings. The number of nitrogens with one attached hydrogen (secondary N) is 3. The number of amides is 3. The molecule has 0 aromatic heterocycles. The van der Waals surface area contributed by atoms with Crippen molar-refractivity contribution in [2.24, 2.45) is 0 Å². The van der Waals surface area contributed by atoms with E-state index in [1.807, 2.05) is 12.1 Å². The highest BCUT2D eigenvalue weighted by molar-refractivity contribution is 8.00. The van der Waals surface area contributed by atoms with Gasteiger partial charge in [0.05, 0.1) is 11.7 Å². The van der Waals surface area contributed by atoms with Gasteiger partial charge in [0.15, 0.2) is 0 Å². The summed E-state index contributed by atoms with van der Waals surface area (Å²) >= 11 is 1.40. The van der Waals surface area contributed by atoms with E-state index in [4.69, 9.17) is 0 Å². The van der Waals surface area contributed by atoms with Gasteiger partial charge in [0, 0.05) is 30.6 Å². The average Bonchev–Trinajstić information content (AvgIpc) is 2.66. The Kier molecular flexibility index (Phi) is 8.67. The Morgan fingerprint density at radius 1 is 1.03 bits per heavy atom. The van der Waals surface area contributed by atoms with Crippen molar-refractivity contribution >= 4 is 35.2 Å². The van der Waals surface area contributed by atoms with E-state index in [0.29, 0.717) is 24.3 Å². The van der Waals surface area contributed by atoms with Gasteiger partial charge in [-0.1, -0.05) is 12.1 Å². The highest BCUT2D eigenvalue weighted by Crippen LogP contribution is 2.24. The lowest BCUT2D eigenvalue weighted by atomic mass is 10.1. The van der Waals surface area contributed by atoms with Crippen LogP contribution in [0.3, 0.4) is 0 Å². The molecule has 2 aromatic rings. The lowest BCUT2D eigenvalue weighted by molar-refractivity contribution is -0.122. The Labute approximate surface area is 173 Å². The molecule has 0 bridgehead atoms. The van der Waals surface area contributed by atoms with Crippen molar-refractivity contribution < 1.29 is 18.8 Å². The number of rotatable bonds is 9. The summed E-state index contributed by atoms with van der Waals surface area (Å²) in [4.78, 5) is 36.0. The van der Waals surface area contributed by atoms with Crippen LogP contribution >= 0.6 is 11.8 Å². The van der Waals surface area contributed by atoms with Crippen molar-refractivity contribution in [2.45, 2.75) is 30.4 Å². The zero-order valence-corrected chi connectivity index (χ0v) is 17.1. The van der Waals surface area contributed by atoms with E-state index in [-0.39, 0.29) is 35.2 Å². The summed E-state index contributed by atoms with van der Waals surface area (Å²) in [6.45, 7) is 3.84. The fourth-order valence-electron chi connectivity index (χ4n) is 2.50. The first-order valence-electron chi connectivity index (χ1n) is 9.16. The van der Waals surface area contributed by atoms with Crippen molar-refractivity contribution in [1.29, 1.82) is 0 Å². The maximum Gasteiger partial charge on any atom is 0.233 e. The molecular formula is C21H24FN3O3S. The summed E-state index contributed by atoms with van der Waals surface area (Å²) in [6, 6.07) is 13.1. The molecule has 8 heteroatoms. The molecular weight excluding hydrogens is 393 g/mol. The molecule has 2 rings (SSSR count). The fourth-order valence-corrected chi connectivity index (χ4v) is 3.40. The van der Waals surface area contributed by atoms with Crippen LogP contribution in [0.15, 0.2) is 53.4 Å². The van der Waals surface area contributed by atoms with Crippen LogP contribution in [-0.2, 0) is 20.8 Å². The van der Waals surface area contributed by atoms with Crippen molar-refractivity contribution in [1.82, 2.24) is 10.6 Å². The molecule has 2 aromatic carbocycles. The van der Waals surface area contributed by atoms with Crippen molar-refractivity contribution in [3.63, 3.8) is 0 Å². The normalized spacial score (nSPS) is 11.4. The van der Waals surface area contributed by atoms with Gasteiger partial charge in [-0.25, -0.2) is 4.39 Å². The largest absolute Gasteiger partial charge is 0.354 e. The second kappa shape index (κ2) is 11.2. The standard InChI is InChI=1S/C21H24FN3O3S/c1-14(29-19-8-6-18(7-9-19)25-15(2)26)21(28)24-11-10-23-20(27)13-16-4-3-5-17(22)12-16/h3-9,12,14H,10-11,13H2,1-2H3,(H,23,27)(H,24,28)(H,25,26). The Morgan fingerprint density at radius 3 is 2.38 bits per heavy atom. The van der Waals surface area contributed by atoms with Gasteiger partial charge in [-0.05, 0) is 48.9 Å². The molecule has 1 atom stereocenters. The van der Waals surface area contributed by atoms with E-state index in [1.165, 1.54) is 30.8 Å². The van der Waals surface area contributed by atoms with Gasteiger partial charge in [0.25, 0.3) is 0 Å². The number of hydrogen-bond acceptors (Lipinski definition) is 4. The maximum atomic E-state index is 13.1. The van der Waals surface area contributed by atoms with Gasteiger partial charge in [-0.3, -0.25) is 14.4 Å². The van der Waals surface area contributed by atoms with Crippen LogP contribution in [0.5, 0.6) is 0 Å². The minimum Gasteiger partial charge on any atom is -0.354 e. The SMILES string of the molecule is CC(=O)Nc1ccc(SC(C)C(=O)NCCNC(=O)Cc2cccc(F)c2)cc1. The first-order valence-corrected chi connectivity index (χ1v) is 10.0. The molecule has 0 fully saturated rings. The second-order valence-corrected chi connectivity index (χ2v) is 7.83. The maximum absolute atomic E-state index is 13.1. The predicted molar refractivity (Wildman–Crippen MR) is 112 cm³/mol. The summed E-state index contributed by atoms with van der Waals surface area (Å²) in [5, 5.41) is 7.85. The van der Waals surface area contributed by atoms with Gasteiger partial charge in [0.2, 0.25) is 17.7 Å². The molecule has 3 N–H and O–H groups in total. The summed E-state index contributed by atoms with van der Waals surface area (Å²) < 4.78 is 13.1. The smallest absolute Gasteiger partial charge is 0.233 e.